The van der Waals surface area contributed by atoms with Crippen molar-refractivity contribution in [3.05, 3.63) is 0 Å². The largest absolute Gasteiger partial charge is 0.455 e. The smallest absolute Gasteiger partial charge is 0.312 e. The second-order valence-electron chi connectivity index (χ2n) is 3.03. The first-order valence-electron chi connectivity index (χ1n) is 3.21. The number of hydrogen-bond donors (Lipinski definition) is 0. The van der Waals surface area contributed by atoms with Gasteiger partial charge in [0.25, 0.3) is 9.28 Å². The third-order valence-corrected chi connectivity index (χ3v) is 5.18. The van der Waals surface area contributed by atoms with Crippen LogP contribution in [0.15, 0.2) is 0 Å². The van der Waals surface area contributed by atoms with Crippen LogP contribution in [0.3, 0.4) is 0 Å². The van der Waals surface area contributed by atoms with Crippen LogP contribution in [-0.2, 0) is 13.0 Å². The zero-order valence-corrected chi connectivity index (χ0v) is 10.9. The van der Waals surface area contributed by atoms with Crippen molar-refractivity contribution in [2.45, 2.75) is 19.6 Å². The van der Waals surface area contributed by atoms with Gasteiger partial charge in [-0.15, -0.1) is 0 Å². The van der Waals surface area contributed by atoms with Gasteiger partial charge in [-0.1, -0.05) is 0 Å². The minimum absolute atomic E-state index is 0.0316. The zero-order chi connectivity index (χ0) is 8.91. The van der Waals surface area contributed by atoms with E-state index in [1.165, 1.54) is 0 Å². The fraction of sp³-hybridized carbons (Fsp3) is 1.00. The molecule has 0 atom stereocenters. The SMILES string of the molecule is C[Si](C)(C)OC[Si](=O)[Si]O[Si]. The summed E-state index contributed by atoms with van der Waals surface area (Å²) in [5, 5.41) is 0. The normalized spacial score (nSPS) is 11.6. The topological polar surface area (TPSA) is 35.5 Å². The summed E-state index contributed by atoms with van der Waals surface area (Å²) in [5.74, 6) is 0. The first kappa shape index (κ1) is 11.6. The quantitative estimate of drug-likeness (QED) is 0.612. The fourth-order valence-corrected chi connectivity index (χ4v) is 4.99. The number of hydrogen-bond acceptors (Lipinski definition) is 3. The van der Waals surface area contributed by atoms with Gasteiger partial charge in [0.1, 0.15) is 0 Å². The van der Waals surface area contributed by atoms with Crippen molar-refractivity contribution in [1.82, 2.24) is 0 Å². The van der Waals surface area contributed by atoms with Gasteiger partial charge < -0.3 is 13.0 Å². The van der Waals surface area contributed by atoms with Crippen LogP contribution in [0.25, 0.3) is 0 Å². The lowest BCUT2D eigenvalue weighted by atomic mass is 11.7. The van der Waals surface area contributed by atoms with Crippen molar-refractivity contribution in [1.29, 1.82) is 0 Å². The molecule has 0 N–H and O–H groups in total. The zero-order valence-electron chi connectivity index (χ0n) is 6.93. The van der Waals surface area contributed by atoms with Gasteiger partial charge in [0, 0.05) is 0 Å². The van der Waals surface area contributed by atoms with Gasteiger partial charge in [0.05, 0.1) is 6.23 Å². The predicted molar refractivity (Wildman–Crippen MR) is 48.3 cm³/mol. The molecular formula is C4H11O3Si4. The Morgan fingerprint density at radius 2 is 2.09 bits per heavy atom. The second-order valence-corrected chi connectivity index (χ2v) is 12.0. The molecule has 0 bridgehead atoms. The Morgan fingerprint density at radius 1 is 1.55 bits per heavy atom. The van der Waals surface area contributed by atoms with E-state index in [1.54, 1.807) is 0 Å². The molecule has 0 amide bonds. The third-order valence-electron chi connectivity index (χ3n) is 0.801. The molecule has 0 saturated carbocycles. The van der Waals surface area contributed by atoms with Crippen LogP contribution in [0.2, 0.25) is 19.6 Å². The second kappa shape index (κ2) is 5.27. The average Bonchev–Trinajstić information content (AvgIpc) is 1.83. The van der Waals surface area contributed by atoms with Gasteiger partial charge in [-0.3, -0.25) is 0 Å². The Bertz CT molecular complexity index is 132. The van der Waals surface area contributed by atoms with Gasteiger partial charge in [0.15, 0.2) is 8.32 Å². The summed E-state index contributed by atoms with van der Waals surface area (Å²) in [6.07, 6.45) is 0.364. The van der Waals surface area contributed by atoms with E-state index in [9.17, 15) is 4.46 Å². The van der Waals surface area contributed by atoms with Crippen molar-refractivity contribution >= 4 is 36.3 Å². The van der Waals surface area contributed by atoms with E-state index in [0.29, 0.717) is 6.23 Å². The van der Waals surface area contributed by atoms with Gasteiger partial charge in [-0.25, -0.2) is 0 Å². The first-order valence-corrected chi connectivity index (χ1v) is 10.5. The molecule has 0 heterocycles. The molecule has 0 aliphatic carbocycles. The molecule has 0 fully saturated rings. The molecule has 0 aliphatic rings. The van der Waals surface area contributed by atoms with Gasteiger partial charge in [0.2, 0.25) is 10.5 Å². The highest BCUT2D eigenvalue weighted by atomic mass is 29.2. The van der Waals surface area contributed by atoms with Gasteiger partial charge in [-0.05, 0) is 19.6 Å². The van der Waals surface area contributed by atoms with Crippen LogP contribution in [0.4, 0.5) is 0 Å². The van der Waals surface area contributed by atoms with Gasteiger partial charge in [-0.2, -0.15) is 0 Å². The van der Waals surface area contributed by atoms with E-state index in [0.717, 1.165) is 0 Å². The minimum atomic E-state index is -1.65. The summed E-state index contributed by atoms with van der Waals surface area (Å²) >= 11 is 0. The van der Waals surface area contributed by atoms with Crippen molar-refractivity contribution in [2.24, 2.45) is 0 Å². The molecule has 0 unspecified atom stereocenters. The third kappa shape index (κ3) is 8.49. The van der Waals surface area contributed by atoms with Crippen LogP contribution in [-0.4, -0.2) is 42.5 Å². The molecule has 5 radical (unpaired) electrons. The molecular weight excluding hydrogens is 208 g/mol. The Kier molecular flexibility index (Phi) is 5.55. The van der Waals surface area contributed by atoms with E-state index in [4.69, 9.17) is 4.43 Å². The molecule has 0 aliphatic heterocycles. The Labute approximate surface area is 75.6 Å². The van der Waals surface area contributed by atoms with Gasteiger partial charge >= 0.3 is 8.20 Å². The molecule has 61 valence electrons. The van der Waals surface area contributed by atoms with E-state index < -0.39 is 16.5 Å². The summed E-state index contributed by atoms with van der Waals surface area (Å²) in [5.41, 5.74) is 0. The summed E-state index contributed by atoms with van der Waals surface area (Å²) in [6.45, 7) is 6.21. The Balaban J connectivity index is 3.46. The summed E-state index contributed by atoms with van der Waals surface area (Å²) in [6, 6.07) is 0. The highest BCUT2D eigenvalue weighted by Crippen LogP contribution is 2.00. The van der Waals surface area contributed by atoms with Crippen LogP contribution in [0.5, 0.6) is 0 Å². The Morgan fingerprint density at radius 3 is 2.45 bits per heavy atom. The van der Waals surface area contributed by atoms with Crippen LogP contribution in [0, 0.1) is 0 Å². The average molecular weight is 219 g/mol. The number of rotatable bonds is 5. The maximum absolute atomic E-state index is 11.0. The van der Waals surface area contributed by atoms with E-state index in [-0.39, 0.29) is 9.28 Å². The first-order chi connectivity index (χ1) is 4.95. The predicted octanol–water partition coefficient (Wildman–Crippen LogP) is 0.0151. The molecule has 0 rings (SSSR count). The van der Waals surface area contributed by atoms with Crippen LogP contribution < -0.4 is 0 Å². The highest BCUT2D eigenvalue weighted by Gasteiger charge is 2.17. The Hall–Kier alpha value is 0.588. The molecule has 0 aromatic carbocycles. The van der Waals surface area contributed by atoms with E-state index >= 15 is 0 Å². The molecule has 0 spiro atoms. The summed E-state index contributed by atoms with van der Waals surface area (Å²) in [4.78, 5) is 0. The molecule has 3 nitrogen and oxygen atoms in total. The maximum atomic E-state index is 11.0. The molecule has 0 aromatic heterocycles. The van der Waals surface area contributed by atoms with Crippen molar-refractivity contribution in [2.75, 3.05) is 6.23 Å². The summed E-state index contributed by atoms with van der Waals surface area (Å²) < 4.78 is 21.0. The van der Waals surface area contributed by atoms with E-state index in [2.05, 4.69) is 34.2 Å². The van der Waals surface area contributed by atoms with Crippen molar-refractivity contribution in [3.8, 4) is 0 Å². The maximum Gasteiger partial charge on any atom is 0.312 e. The van der Waals surface area contributed by atoms with E-state index in [1.807, 2.05) is 0 Å². The molecule has 0 saturated heterocycles. The van der Waals surface area contributed by atoms with Crippen molar-refractivity contribution < 1.29 is 13.0 Å². The van der Waals surface area contributed by atoms with Crippen LogP contribution >= 0.6 is 0 Å². The fourth-order valence-electron chi connectivity index (χ4n) is 0.368. The minimum Gasteiger partial charge on any atom is -0.455 e. The highest BCUT2D eigenvalue weighted by molar-refractivity contribution is 7.02. The molecule has 0 aromatic rings. The lowest BCUT2D eigenvalue weighted by Crippen LogP contribution is -2.32. The summed E-state index contributed by atoms with van der Waals surface area (Å²) in [7, 11) is -0.305. The monoisotopic (exact) mass is 219 g/mol. The lowest BCUT2D eigenvalue weighted by Gasteiger charge is -2.15. The molecule has 7 heteroatoms. The lowest BCUT2D eigenvalue weighted by molar-refractivity contribution is 0.366. The standard InChI is InChI=1S/C4H11O3Si4/c1-11(2,3)6-4-10(5)9-7-8/h4H2,1-3H3. The van der Waals surface area contributed by atoms with Crippen molar-refractivity contribution in [3.63, 3.8) is 0 Å². The molecule has 11 heavy (non-hydrogen) atoms. The van der Waals surface area contributed by atoms with Crippen LogP contribution in [0.1, 0.15) is 0 Å².